The Bertz CT molecular complexity index is 874. The smallest absolute Gasteiger partial charge is 0.334 e. The summed E-state index contributed by atoms with van der Waals surface area (Å²) in [7, 11) is 0. The van der Waals surface area contributed by atoms with E-state index in [2.05, 4.69) is 5.16 Å². The molecule has 0 fully saturated rings. The number of nitro groups is 1. The number of aromatic nitrogens is 1. The Balaban J connectivity index is 2.59. The van der Waals surface area contributed by atoms with Crippen LogP contribution in [0.5, 0.6) is 5.75 Å². The van der Waals surface area contributed by atoms with E-state index >= 15 is 0 Å². The van der Waals surface area contributed by atoms with E-state index in [1.165, 1.54) is 19.1 Å². The predicted molar refractivity (Wildman–Crippen MR) is 99.2 cm³/mol. The fraction of sp³-hybridized carbons (Fsp3) is 0.421. The molecular weight excluding hydrogens is 384 g/mol. The number of aryl methyl sites for hydroxylation is 1. The first-order valence-corrected chi connectivity index (χ1v) is 9.02. The van der Waals surface area contributed by atoms with Gasteiger partial charge < -0.3 is 19.1 Å². The summed E-state index contributed by atoms with van der Waals surface area (Å²) < 4.78 is 15.2. The van der Waals surface area contributed by atoms with Gasteiger partial charge in [-0.2, -0.15) is 0 Å². The molecule has 0 radical (unpaired) electrons. The van der Waals surface area contributed by atoms with Gasteiger partial charge >= 0.3 is 17.6 Å². The lowest BCUT2D eigenvalue weighted by Crippen LogP contribution is -2.34. The molecule has 1 atom stereocenters. The van der Waals surface area contributed by atoms with E-state index in [0.717, 1.165) is 0 Å². The van der Waals surface area contributed by atoms with Crippen LogP contribution in [0.25, 0.3) is 0 Å². The molecule has 0 bridgehead atoms. The number of rotatable bonds is 9. The summed E-state index contributed by atoms with van der Waals surface area (Å²) in [5, 5.41) is 25.4. The lowest BCUT2D eigenvalue weighted by molar-refractivity contribution is -0.386. The second kappa shape index (κ2) is 9.67. The molecule has 29 heavy (non-hydrogen) atoms. The van der Waals surface area contributed by atoms with Gasteiger partial charge in [0.05, 0.1) is 18.1 Å². The average molecular weight is 406 g/mol. The standard InChI is InChI=1S/C19H22N2O8/c1-4-27-18(23)16(19(24)28-5-2)13(12-8-6-7-9-14(12)22)10-15-17(21(25)26)11(3)20-29-15/h6-9,13,16,22H,4-5,10H2,1-3H3. The zero-order valence-electron chi connectivity index (χ0n) is 16.3. The van der Waals surface area contributed by atoms with Gasteiger partial charge in [-0.05, 0) is 32.4 Å². The van der Waals surface area contributed by atoms with Gasteiger partial charge in [-0.15, -0.1) is 0 Å². The van der Waals surface area contributed by atoms with E-state index in [-0.39, 0.29) is 48.1 Å². The van der Waals surface area contributed by atoms with Crippen molar-refractivity contribution >= 4 is 17.6 Å². The first kappa shape index (κ1) is 21.9. The highest BCUT2D eigenvalue weighted by molar-refractivity contribution is 5.96. The van der Waals surface area contributed by atoms with Crippen molar-refractivity contribution in [1.82, 2.24) is 5.16 Å². The van der Waals surface area contributed by atoms with Gasteiger partial charge in [0, 0.05) is 12.3 Å². The van der Waals surface area contributed by atoms with Crippen LogP contribution in [0.1, 0.15) is 36.8 Å². The van der Waals surface area contributed by atoms with Crippen LogP contribution in [-0.4, -0.2) is 40.3 Å². The molecular formula is C19H22N2O8. The second-order valence-electron chi connectivity index (χ2n) is 6.15. The number of carbonyl (C=O) groups is 2. The molecule has 10 nitrogen and oxygen atoms in total. The normalized spacial score (nSPS) is 11.9. The zero-order chi connectivity index (χ0) is 21.6. The summed E-state index contributed by atoms with van der Waals surface area (Å²) in [4.78, 5) is 36.0. The van der Waals surface area contributed by atoms with Crippen LogP contribution in [0.4, 0.5) is 5.69 Å². The minimum absolute atomic E-state index is 0.0177. The van der Waals surface area contributed by atoms with E-state index in [0.29, 0.717) is 0 Å². The zero-order valence-corrected chi connectivity index (χ0v) is 16.3. The Morgan fingerprint density at radius 2 is 1.79 bits per heavy atom. The van der Waals surface area contributed by atoms with Crippen molar-refractivity contribution in [1.29, 1.82) is 0 Å². The lowest BCUT2D eigenvalue weighted by Gasteiger charge is -2.24. The van der Waals surface area contributed by atoms with Crippen molar-refractivity contribution in [3.05, 3.63) is 51.4 Å². The Labute approximate surface area is 166 Å². The molecule has 0 amide bonds. The molecule has 0 saturated carbocycles. The maximum absolute atomic E-state index is 12.6. The van der Waals surface area contributed by atoms with Crippen LogP contribution >= 0.6 is 0 Å². The van der Waals surface area contributed by atoms with Crippen molar-refractivity contribution < 1.29 is 33.6 Å². The van der Waals surface area contributed by atoms with Crippen molar-refractivity contribution in [3.8, 4) is 5.75 Å². The van der Waals surface area contributed by atoms with Crippen LogP contribution in [-0.2, 0) is 25.5 Å². The van der Waals surface area contributed by atoms with Crippen LogP contribution in [0.15, 0.2) is 28.8 Å². The van der Waals surface area contributed by atoms with Crippen molar-refractivity contribution in [2.75, 3.05) is 13.2 Å². The van der Waals surface area contributed by atoms with Gasteiger partial charge in [0.15, 0.2) is 11.6 Å². The number of hydrogen-bond donors (Lipinski definition) is 1. The minimum atomic E-state index is -1.46. The average Bonchev–Trinajstić information content (AvgIpc) is 3.02. The monoisotopic (exact) mass is 406 g/mol. The first-order chi connectivity index (χ1) is 13.8. The molecule has 0 aliphatic heterocycles. The number of para-hydroxylation sites is 1. The molecule has 156 valence electrons. The van der Waals surface area contributed by atoms with Gasteiger partial charge in [0.1, 0.15) is 5.75 Å². The Hall–Kier alpha value is -3.43. The molecule has 1 unspecified atom stereocenters. The lowest BCUT2D eigenvalue weighted by atomic mass is 9.82. The van der Waals surface area contributed by atoms with Crippen molar-refractivity contribution in [2.45, 2.75) is 33.1 Å². The molecule has 0 aliphatic rings. The van der Waals surface area contributed by atoms with Gasteiger partial charge in [-0.3, -0.25) is 19.7 Å². The summed E-state index contributed by atoms with van der Waals surface area (Å²) >= 11 is 0. The van der Waals surface area contributed by atoms with Gasteiger partial charge in [0.2, 0.25) is 5.76 Å². The highest BCUT2D eigenvalue weighted by atomic mass is 16.6. The highest BCUT2D eigenvalue weighted by Crippen LogP contribution is 2.38. The number of carbonyl (C=O) groups excluding carboxylic acids is 2. The first-order valence-electron chi connectivity index (χ1n) is 9.02. The fourth-order valence-corrected chi connectivity index (χ4v) is 3.08. The molecule has 0 saturated heterocycles. The number of benzene rings is 1. The van der Waals surface area contributed by atoms with E-state index in [9.17, 15) is 24.8 Å². The number of aromatic hydroxyl groups is 1. The third kappa shape index (κ3) is 4.89. The number of nitrogens with zero attached hydrogens (tertiary/aromatic N) is 2. The molecule has 0 spiro atoms. The number of phenols is 1. The van der Waals surface area contributed by atoms with Crippen LogP contribution < -0.4 is 0 Å². The van der Waals surface area contributed by atoms with Crippen LogP contribution in [0, 0.1) is 23.0 Å². The Kier molecular flexibility index (Phi) is 7.29. The largest absolute Gasteiger partial charge is 0.508 e. The molecule has 10 heteroatoms. The third-order valence-corrected chi connectivity index (χ3v) is 4.31. The number of esters is 2. The molecule has 1 aromatic heterocycles. The van der Waals surface area contributed by atoms with E-state index in [1.807, 2.05) is 0 Å². The van der Waals surface area contributed by atoms with Crippen LogP contribution in [0.2, 0.25) is 0 Å². The topological polar surface area (TPSA) is 142 Å². The molecule has 2 rings (SSSR count). The maximum atomic E-state index is 12.6. The molecule has 1 heterocycles. The highest BCUT2D eigenvalue weighted by Gasteiger charge is 2.42. The number of hydrogen-bond acceptors (Lipinski definition) is 9. The van der Waals surface area contributed by atoms with E-state index in [4.69, 9.17) is 14.0 Å². The predicted octanol–water partition coefficient (Wildman–Crippen LogP) is 2.67. The maximum Gasteiger partial charge on any atom is 0.334 e. The van der Waals surface area contributed by atoms with Crippen LogP contribution in [0.3, 0.4) is 0 Å². The summed E-state index contributed by atoms with van der Waals surface area (Å²) in [5.41, 5.74) is -0.0660. The number of phenolic OH excluding ortho intramolecular Hbond substituents is 1. The quantitative estimate of drug-likeness (QED) is 0.288. The SMILES string of the molecule is CCOC(=O)C(C(=O)OCC)C(Cc1onc(C)c1[N+](=O)[O-])c1ccccc1O. The van der Waals surface area contributed by atoms with Gasteiger partial charge in [-0.1, -0.05) is 23.4 Å². The molecule has 0 aliphatic carbocycles. The third-order valence-electron chi connectivity index (χ3n) is 4.31. The van der Waals surface area contributed by atoms with Gasteiger partial charge in [-0.25, -0.2) is 0 Å². The van der Waals surface area contributed by atoms with Gasteiger partial charge in [0.25, 0.3) is 0 Å². The van der Waals surface area contributed by atoms with Crippen molar-refractivity contribution in [3.63, 3.8) is 0 Å². The molecule has 1 N–H and O–H groups in total. The van der Waals surface area contributed by atoms with Crippen molar-refractivity contribution in [2.24, 2.45) is 5.92 Å². The number of ether oxygens (including phenoxy) is 2. The van der Waals surface area contributed by atoms with E-state index in [1.54, 1.807) is 26.0 Å². The Morgan fingerprint density at radius 1 is 1.21 bits per heavy atom. The minimum Gasteiger partial charge on any atom is -0.508 e. The summed E-state index contributed by atoms with van der Waals surface area (Å²) in [6.07, 6.45) is -0.253. The summed E-state index contributed by atoms with van der Waals surface area (Å²) in [6, 6.07) is 6.08. The summed E-state index contributed by atoms with van der Waals surface area (Å²) in [5.74, 6) is -4.54. The fourth-order valence-electron chi connectivity index (χ4n) is 3.08. The Morgan fingerprint density at radius 3 is 2.31 bits per heavy atom. The molecule has 2 aromatic rings. The van der Waals surface area contributed by atoms with E-state index < -0.39 is 28.7 Å². The second-order valence-corrected chi connectivity index (χ2v) is 6.15. The molecule has 1 aromatic carbocycles. The summed E-state index contributed by atoms with van der Waals surface area (Å²) in [6.45, 7) is 4.61.